The van der Waals surface area contributed by atoms with Gasteiger partial charge in [0.25, 0.3) is 0 Å². The van der Waals surface area contributed by atoms with Crippen molar-refractivity contribution in [2.24, 2.45) is 11.8 Å². The van der Waals surface area contributed by atoms with E-state index in [0.717, 1.165) is 44.7 Å². The third-order valence-corrected chi connectivity index (χ3v) is 4.62. The fraction of sp³-hybridized carbons (Fsp3) is 0.562. The quantitative estimate of drug-likeness (QED) is 0.894. The summed E-state index contributed by atoms with van der Waals surface area (Å²) in [5, 5.41) is 5.99. The minimum absolute atomic E-state index is 0.0907. The topological polar surface area (TPSA) is 44.4 Å². The number of hydrogen-bond acceptors (Lipinski definition) is 3. The lowest BCUT2D eigenvalue weighted by molar-refractivity contribution is -0.121. The molecule has 0 aliphatic carbocycles. The maximum Gasteiger partial charge on any atom is 0.227 e. The largest absolute Gasteiger partial charge is 0.370 e. The molecule has 2 aliphatic rings. The second kappa shape index (κ2) is 6.02. The van der Waals surface area contributed by atoms with Gasteiger partial charge in [-0.15, -0.1) is 0 Å². The van der Waals surface area contributed by atoms with E-state index in [0.29, 0.717) is 11.6 Å². The van der Waals surface area contributed by atoms with Crippen molar-refractivity contribution in [3.63, 3.8) is 0 Å². The van der Waals surface area contributed by atoms with Crippen LogP contribution in [0.2, 0.25) is 0 Å². The number of nitrogens with one attached hydrogen (secondary N) is 2. The summed E-state index contributed by atoms with van der Waals surface area (Å²) in [5.74, 6) is -0.192. The SMILES string of the molecule is CC(C(=O)Nc1c(F)cccc1N1CCCC1)C1CNC1. The Balaban J connectivity index is 1.78. The molecule has 2 heterocycles. The van der Waals surface area contributed by atoms with Gasteiger partial charge in [-0.05, 0) is 44.0 Å². The number of carbonyl (C=O) groups excluding carboxylic acids is 1. The second-order valence-electron chi connectivity index (χ2n) is 6.02. The summed E-state index contributed by atoms with van der Waals surface area (Å²) in [4.78, 5) is 14.5. The van der Waals surface area contributed by atoms with E-state index < -0.39 is 0 Å². The van der Waals surface area contributed by atoms with Crippen LogP contribution in [-0.2, 0) is 4.79 Å². The number of carbonyl (C=O) groups is 1. The first-order valence-electron chi connectivity index (χ1n) is 7.72. The molecule has 21 heavy (non-hydrogen) atoms. The Bertz CT molecular complexity index is 524. The molecule has 1 unspecified atom stereocenters. The van der Waals surface area contributed by atoms with Gasteiger partial charge in [-0.25, -0.2) is 4.39 Å². The van der Waals surface area contributed by atoms with Gasteiger partial charge < -0.3 is 15.5 Å². The van der Waals surface area contributed by atoms with Crippen LogP contribution in [0.25, 0.3) is 0 Å². The minimum Gasteiger partial charge on any atom is -0.370 e. The van der Waals surface area contributed by atoms with Gasteiger partial charge in [0.2, 0.25) is 5.91 Å². The Labute approximate surface area is 124 Å². The Morgan fingerprint density at radius 2 is 2.10 bits per heavy atom. The number of benzene rings is 1. The van der Waals surface area contributed by atoms with Gasteiger partial charge in [-0.1, -0.05) is 13.0 Å². The van der Waals surface area contributed by atoms with Gasteiger partial charge in [0.05, 0.1) is 5.69 Å². The van der Waals surface area contributed by atoms with Crippen molar-refractivity contribution in [3.05, 3.63) is 24.0 Å². The number of halogens is 1. The summed E-state index contributed by atoms with van der Waals surface area (Å²) in [6.07, 6.45) is 2.24. The summed E-state index contributed by atoms with van der Waals surface area (Å²) in [5.41, 5.74) is 1.14. The zero-order valence-electron chi connectivity index (χ0n) is 12.4. The Morgan fingerprint density at radius 1 is 1.38 bits per heavy atom. The molecule has 3 rings (SSSR count). The molecule has 1 atom stereocenters. The Hall–Kier alpha value is -1.62. The van der Waals surface area contributed by atoms with Crippen molar-refractivity contribution < 1.29 is 9.18 Å². The highest BCUT2D eigenvalue weighted by molar-refractivity contribution is 5.96. The lowest BCUT2D eigenvalue weighted by atomic mass is 9.88. The van der Waals surface area contributed by atoms with Crippen LogP contribution in [-0.4, -0.2) is 32.1 Å². The number of hydrogen-bond donors (Lipinski definition) is 2. The number of amides is 1. The van der Waals surface area contributed by atoms with Gasteiger partial charge >= 0.3 is 0 Å². The molecule has 2 N–H and O–H groups in total. The van der Waals surface area contributed by atoms with E-state index in [2.05, 4.69) is 15.5 Å². The van der Waals surface area contributed by atoms with Crippen molar-refractivity contribution in [1.29, 1.82) is 0 Å². The molecule has 0 radical (unpaired) electrons. The van der Waals surface area contributed by atoms with Crippen molar-refractivity contribution in [2.75, 3.05) is 36.4 Å². The highest BCUT2D eigenvalue weighted by atomic mass is 19.1. The van der Waals surface area contributed by atoms with Gasteiger partial charge in [-0.2, -0.15) is 0 Å². The van der Waals surface area contributed by atoms with Crippen LogP contribution in [0.4, 0.5) is 15.8 Å². The molecular weight excluding hydrogens is 269 g/mol. The van der Waals surface area contributed by atoms with Crippen LogP contribution >= 0.6 is 0 Å². The third-order valence-electron chi connectivity index (χ3n) is 4.62. The molecule has 4 nitrogen and oxygen atoms in total. The third kappa shape index (κ3) is 2.88. The van der Waals surface area contributed by atoms with E-state index in [1.54, 1.807) is 6.07 Å². The van der Waals surface area contributed by atoms with E-state index in [1.165, 1.54) is 6.07 Å². The lowest BCUT2D eigenvalue weighted by Gasteiger charge is -2.32. The molecule has 0 spiro atoms. The fourth-order valence-electron chi connectivity index (χ4n) is 2.97. The first-order chi connectivity index (χ1) is 10.2. The van der Waals surface area contributed by atoms with Crippen LogP contribution in [0.1, 0.15) is 19.8 Å². The van der Waals surface area contributed by atoms with Crippen molar-refractivity contribution in [3.8, 4) is 0 Å². The first-order valence-corrected chi connectivity index (χ1v) is 7.72. The Kier molecular flexibility index (Phi) is 4.10. The summed E-state index contributed by atoms with van der Waals surface area (Å²) >= 11 is 0. The van der Waals surface area contributed by atoms with Gasteiger partial charge in [0.15, 0.2) is 0 Å². The molecule has 2 aliphatic heterocycles. The van der Waals surface area contributed by atoms with Crippen molar-refractivity contribution >= 4 is 17.3 Å². The van der Waals surface area contributed by atoms with Crippen LogP contribution in [0.15, 0.2) is 18.2 Å². The zero-order chi connectivity index (χ0) is 14.8. The molecule has 1 amide bonds. The number of para-hydroxylation sites is 1. The number of rotatable bonds is 4. The second-order valence-corrected chi connectivity index (χ2v) is 6.02. The normalized spacial score (nSPS) is 20.2. The standard InChI is InChI=1S/C16H22FN3O/c1-11(12-9-18-10-12)16(21)19-15-13(17)5-4-6-14(15)20-7-2-3-8-20/h4-6,11-12,18H,2-3,7-10H2,1H3,(H,19,21). The van der Waals surface area contributed by atoms with Gasteiger partial charge in [0, 0.05) is 19.0 Å². The number of nitrogens with zero attached hydrogens (tertiary/aromatic N) is 1. The first kappa shape index (κ1) is 14.3. The predicted molar refractivity (Wildman–Crippen MR) is 82.0 cm³/mol. The average molecular weight is 291 g/mol. The van der Waals surface area contributed by atoms with Crippen LogP contribution in [0, 0.1) is 17.7 Å². The monoisotopic (exact) mass is 291 g/mol. The number of anilines is 2. The highest BCUT2D eigenvalue weighted by Crippen LogP contribution is 2.32. The van der Waals surface area contributed by atoms with E-state index >= 15 is 0 Å². The Morgan fingerprint density at radius 3 is 2.71 bits per heavy atom. The molecule has 114 valence electrons. The molecule has 2 saturated heterocycles. The smallest absolute Gasteiger partial charge is 0.227 e. The molecule has 1 aromatic rings. The van der Waals surface area contributed by atoms with Crippen LogP contribution in [0.3, 0.4) is 0 Å². The minimum atomic E-state index is -0.355. The summed E-state index contributed by atoms with van der Waals surface area (Å²) in [6, 6.07) is 5.00. The van der Waals surface area contributed by atoms with Gasteiger partial charge in [-0.3, -0.25) is 4.79 Å². The van der Waals surface area contributed by atoms with Crippen LogP contribution in [0.5, 0.6) is 0 Å². The molecule has 0 saturated carbocycles. The highest BCUT2D eigenvalue weighted by Gasteiger charge is 2.30. The summed E-state index contributed by atoms with van der Waals surface area (Å²) in [6.45, 7) is 5.50. The molecule has 2 fully saturated rings. The molecule has 1 aromatic carbocycles. The zero-order valence-corrected chi connectivity index (χ0v) is 12.4. The van der Waals surface area contributed by atoms with Crippen molar-refractivity contribution in [2.45, 2.75) is 19.8 Å². The maximum absolute atomic E-state index is 14.2. The molecular formula is C16H22FN3O. The van der Waals surface area contributed by atoms with E-state index in [4.69, 9.17) is 0 Å². The van der Waals surface area contributed by atoms with Gasteiger partial charge in [0.1, 0.15) is 11.5 Å². The van der Waals surface area contributed by atoms with E-state index in [-0.39, 0.29) is 17.6 Å². The average Bonchev–Trinajstić information content (AvgIpc) is 2.92. The fourth-order valence-corrected chi connectivity index (χ4v) is 2.97. The lowest BCUT2D eigenvalue weighted by Crippen LogP contribution is -2.48. The molecule has 0 bridgehead atoms. The van der Waals surface area contributed by atoms with E-state index in [9.17, 15) is 9.18 Å². The summed E-state index contributed by atoms with van der Waals surface area (Å²) < 4.78 is 14.2. The van der Waals surface area contributed by atoms with Crippen molar-refractivity contribution in [1.82, 2.24) is 5.32 Å². The maximum atomic E-state index is 14.2. The molecule has 0 aromatic heterocycles. The summed E-state index contributed by atoms with van der Waals surface area (Å²) in [7, 11) is 0. The van der Waals surface area contributed by atoms with Crippen LogP contribution < -0.4 is 15.5 Å². The van der Waals surface area contributed by atoms with E-state index in [1.807, 2.05) is 13.0 Å². The predicted octanol–water partition coefficient (Wildman–Crippen LogP) is 2.22. The molecule has 5 heteroatoms.